The van der Waals surface area contributed by atoms with Crippen LogP contribution in [-0.4, -0.2) is 23.0 Å². The van der Waals surface area contributed by atoms with E-state index in [2.05, 4.69) is 10.2 Å². The van der Waals surface area contributed by atoms with Crippen molar-refractivity contribution >= 4 is 34.9 Å². The van der Waals surface area contributed by atoms with Crippen molar-refractivity contribution in [1.29, 1.82) is 0 Å². The molecule has 0 aliphatic heterocycles. The van der Waals surface area contributed by atoms with Gasteiger partial charge >= 0.3 is 0 Å². The number of benzene rings is 1. The molecular weight excluding hydrogens is 308 g/mol. The zero-order chi connectivity index (χ0) is 13.8. The van der Waals surface area contributed by atoms with E-state index in [-0.39, 0.29) is 4.90 Å². The van der Waals surface area contributed by atoms with Gasteiger partial charge in [0, 0.05) is 0 Å². The third-order valence-corrected chi connectivity index (χ3v) is 5.29. The minimum absolute atomic E-state index is 0.0513. The van der Waals surface area contributed by atoms with Gasteiger partial charge in [0.2, 0.25) is 0 Å². The summed E-state index contributed by atoms with van der Waals surface area (Å²) in [5, 5.41) is 7.77. The van der Waals surface area contributed by atoms with Crippen molar-refractivity contribution in [3.8, 4) is 0 Å². The van der Waals surface area contributed by atoms with E-state index >= 15 is 0 Å². The molecule has 2 N–H and O–H groups in total. The van der Waals surface area contributed by atoms with Gasteiger partial charge in [-0.2, -0.15) is 0 Å². The minimum Gasteiger partial charge on any atom is -0.330 e. The van der Waals surface area contributed by atoms with Gasteiger partial charge in [-0.3, -0.25) is 0 Å². The molecule has 0 aliphatic rings. The molecule has 0 saturated carbocycles. The van der Waals surface area contributed by atoms with E-state index in [9.17, 15) is 8.78 Å². The van der Waals surface area contributed by atoms with Crippen LogP contribution in [0.5, 0.6) is 0 Å². The number of nitrogens with zero attached hydrogens (tertiary/aromatic N) is 2. The van der Waals surface area contributed by atoms with E-state index in [1.54, 1.807) is 0 Å². The van der Waals surface area contributed by atoms with Crippen molar-refractivity contribution < 1.29 is 8.78 Å². The third-order valence-electron chi connectivity index (χ3n) is 2.24. The Morgan fingerprint density at radius 2 is 1.84 bits per heavy atom. The van der Waals surface area contributed by atoms with E-state index in [4.69, 9.17) is 5.73 Å². The van der Waals surface area contributed by atoms with Gasteiger partial charge in [-0.05, 0) is 36.9 Å². The van der Waals surface area contributed by atoms with Crippen LogP contribution in [-0.2, 0) is 6.42 Å². The highest BCUT2D eigenvalue weighted by Crippen LogP contribution is 2.36. The van der Waals surface area contributed by atoms with Crippen LogP contribution >= 0.6 is 34.9 Å². The van der Waals surface area contributed by atoms with Crippen LogP contribution in [0.3, 0.4) is 0 Å². The fraction of sp³-hybridized carbons (Fsp3) is 0.273. The first-order valence-electron chi connectivity index (χ1n) is 5.37. The molecule has 0 radical (unpaired) electrons. The predicted octanol–water partition coefficient (Wildman–Crippen LogP) is 3.19. The molecule has 1 aromatic carbocycles. The Labute approximate surface area is 122 Å². The monoisotopic (exact) mass is 319 g/mol. The van der Waals surface area contributed by atoms with Crippen molar-refractivity contribution in [2.75, 3.05) is 12.8 Å². The summed E-state index contributed by atoms with van der Waals surface area (Å²) >= 11 is 3.71. The quantitative estimate of drug-likeness (QED) is 0.858. The van der Waals surface area contributed by atoms with Crippen molar-refractivity contribution in [2.24, 2.45) is 5.73 Å². The molecule has 0 bridgehead atoms. The highest BCUT2D eigenvalue weighted by Gasteiger charge is 2.15. The lowest BCUT2D eigenvalue weighted by Gasteiger charge is -2.05. The molecule has 0 aliphatic carbocycles. The maximum atomic E-state index is 13.9. The van der Waals surface area contributed by atoms with Crippen LogP contribution in [0.2, 0.25) is 0 Å². The molecule has 1 aromatic heterocycles. The fourth-order valence-corrected chi connectivity index (χ4v) is 3.82. The van der Waals surface area contributed by atoms with Gasteiger partial charge in [-0.25, -0.2) is 8.78 Å². The summed E-state index contributed by atoms with van der Waals surface area (Å²) in [5.74, 6) is -1.18. The lowest BCUT2D eigenvalue weighted by Crippen LogP contribution is -2.04. The number of nitrogens with two attached hydrogens (primary N) is 1. The molecule has 3 nitrogen and oxygen atoms in total. The number of halogens is 2. The van der Waals surface area contributed by atoms with Crippen LogP contribution in [0.15, 0.2) is 25.7 Å². The molecule has 102 valence electrons. The molecule has 0 fully saturated rings. The van der Waals surface area contributed by atoms with E-state index in [0.717, 1.165) is 16.1 Å². The molecule has 8 heteroatoms. The summed E-state index contributed by atoms with van der Waals surface area (Å²) in [6, 6.07) is 2.63. The topological polar surface area (TPSA) is 51.8 Å². The maximum absolute atomic E-state index is 13.9. The average Bonchev–Trinajstić information content (AvgIpc) is 2.82. The SMILES string of the molecule is CSc1nnc(Sc2c(F)cc(CCN)cc2F)s1. The second-order valence-electron chi connectivity index (χ2n) is 3.57. The molecule has 0 unspecified atom stereocenters. The van der Waals surface area contributed by atoms with Crippen LogP contribution in [0, 0.1) is 11.6 Å². The number of hydrogen-bond acceptors (Lipinski definition) is 6. The van der Waals surface area contributed by atoms with Crippen molar-refractivity contribution in [1.82, 2.24) is 10.2 Å². The van der Waals surface area contributed by atoms with Gasteiger partial charge in [0.25, 0.3) is 0 Å². The zero-order valence-electron chi connectivity index (χ0n) is 10.0. The van der Waals surface area contributed by atoms with Crippen molar-refractivity contribution in [3.05, 3.63) is 29.3 Å². The van der Waals surface area contributed by atoms with E-state index < -0.39 is 11.6 Å². The molecule has 0 saturated heterocycles. The van der Waals surface area contributed by atoms with Crippen LogP contribution in [0.25, 0.3) is 0 Å². The molecule has 0 atom stereocenters. The summed E-state index contributed by atoms with van der Waals surface area (Å²) in [6.45, 7) is 0.360. The Hall–Kier alpha value is -0.700. The first kappa shape index (κ1) is 14.7. The predicted molar refractivity (Wildman–Crippen MR) is 74.9 cm³/mol. The largest absolute Gasteiger partial charge is 0.330 e. The molecule has 2 aromatic rings. The summed E-state index contributed by atoms with van der Waals surface area (Å²) in [4.78, 5) is -0.0513. The van der Waals surface area contributed by atoms with Gasteiger partial charge in [0.1, 0.15) is 11.6 Å². The Kier molecular flexibility index (Phi) is 5.14. The molecule has 2 rings (SSSR count). The van der Waals surface area contributed by atoms with Gasteiger partial charge in [0.05, 0.1) is 4.90 Å². The van der Waals surface area contributed by atoms with Crippen molar-refractivity contribution in [2.45, 2.75) is 20.0 Å². The second kappa shape index (κ2) is 6.65. The normalized spacial score (nSPS) is 10.9. The third kappa shape index (κ3) is 3.65. The lowest BCUT2D eigenvalue weighted by molar-refractivity contribution is 0.537. The number of rotatable bonds is 5. The Balaban J connectivity index is 2.24. The van der Waals surface area contributed by atoms with Crippen LogP contribution in [0.1, 0.15) is 5.56 Å². The molecule has 1 heterocycles. The van der Waals surface area contributed by atoms with Crippen LogP contribution < -0.4 is 5.73 Å². The summed E-state index contributed by atoms with van der Waals surface area (Å²) < 4.78 is 29.0. The highest BCUT2D eigenvalue weighted by molar-refractivity contribution is 8.03. The smallest absolute Gasteiger partial charge is 0.180 e. The Morgan fingerprint density at radius 3 is 2.37 bits per heavy atom. The number of aromatic nitrogens is 2. The summed E-state index contributed by atoms with van der Waals surface area (Å²) in [5.41, 5.74) is 5.93. The highest BCUT2D eigenvalue weighted by atomic mass is 32.2. The van der Waals surface area contributed by atoms with E-state index in [0.29, 0.717) is 22.9 Å². The fourth-order valence-electron chi connectivity index (χ4n) is 1.43. The maximum Gasteiger partial charge on any atom is 0.180 e. The first-order valence-corrected chi connectivity index (χ1v) is 8.23. The number of hydrogen-bond donors (Lipinski definition) is 1. The zero-order valence-corrected chi connectivity index (χ0v) is 12.5. The lowest BCUT2D eigenvalue weighted by atomic mass is 10.1. The van der Waals surface area contributed by atoms with Gasteiger partial charge in [0.15, 0.2) is 8.68 Å². The summed E-state index contributed by atoms with van der Waals surface area (Å²) in [7, 11) is 0. The molecule has 0 amide bonds. The van der Waals surface area contributed by atoms with Crippen LogP contribution in [0.4, 0.5) is 8.78 Å². The summed E-state index contributed by atoms with van der Waals surface area (Å²) in [6.07, 6.45) is 2.33. The molecule has 0 spiro atoms. The molecule has 19 heavy (non-hydrogen) atoms. The van der Waals surface area contributed by atoms with E-state index in [1.807, 2.05) is 6.26 Å². The van der Waals surface area contributed by atoms with E-state index in [1.165, 1.54) is 35.2 Å². The van der Waals surface area contributed by atoms with Gasteiger partial charge < -0.3 is 5.73 Å². The standard InChI is InChI=1S/C11H11F2N3S3/c1-17-10-15-16-11(19-10)18-9-7(12)4-6(2-3-14)5-8(9)13/h4-5H,2-3,14H2,1H3. The number of thioether (sulfide) groups is 1. The molecular formula is C11H11F2N3S3. The minimum atomic E-state index is -0.589. The average molecular weight is 319 g/mol. The first-order chi connectivity index (χ1) is 9.13. The Bertz CT molecular complexity index is 551. The van der Waals surface area contributed by atoms with Gasteiger partial charge in [-0.1, -0.05) is 34.9 Å². The Morgan fingerprint density at radius 1 is 1.21 bits per heavy atom. The van der Waals surface area contributed by atoms with Crippen molar-refractivity contribution in [3.63, 3.8) is 0 Å². The second-order valence-corrected chi connectivity index (χ2v) is 6.86. The van der Waals surface area contributed by atoms with Gasteiger partial charge in [-0.15, -0.1) is 10.2 Å².